The normalized spacial score (nSPS) is 37.2. The molecule has 18 heteroatoms. The first-order valence-electron chi connectivity index (χ1n) is 27.6. The maximum atomic E-state index is 14.5. The number of aliphatic hydroxyl groups excluding tert-OH is 3. The van der Waals surface area contributed by atoms with E-state index in [4.69, 9.17) is 28.4 Å². The summed E-state index contributed by atoms with van der Waals surface area (Å²) in [5.74, 6) is -2.50. The molecule has 3 saturated heterocycles. The summed E-state index contributed by atoms with van der Waals surface area (Å²) in [7, 11) is 5.47. The molecule has 0 bridgehead atoms. The highest BCUT2D eigenvalue weighted by Crippen LogP contribution is 2.40. The lowest BCUT2D eigenvalue weighted by atomic mass is 9.77. The zero-order valence-electron chi connectivity index (χ0n) is 47.3. The summed E-state index contributed by atoms with van der Waals surface area (Å²) < 4.78 is 40.6. The van der Waals surface area contributed by atoms with E-state index in [0.29, 0.717) is 32.4 Å². The van der Waals surface area contributed by atoms with Crippen molar-refractivity contribution < 1.29 is 58.7 Å². The van der Waals surface area contributed by atoms with Crippen LogP contribution in [-0.2, 0) is 46.1 Å². The van der Waals surface area contributed by atoms with Crippen molar-refractivity contribution >= 4 is 16.9 Å². The van der Waals surface area contributed by atoms with E-state index in [1.54, 1.807) is 39.3 Å². The summed E-state index contributed by atoms with van der Waals surface area (Å²) >= 11 is 0. The highest BCUT2D eigenvalue weighted by atomic mass is 16.7. The minimum atomic E-state index is -1.81. The number of nitrogens with one attached hydrogen (secondary N) is 1. The van der Waals surface area contributed by atoms with E-state index in [2.05, 4.69) is 75.8 Å². The summed E-state index contributed by atoms with van der Waals surface area (Å²) in [5, 5.41) is 68.3. The van der Waals surface area contributed by atoms with Crippen molar-refractivity contribution in [2.75, 3.05) is 40.9 Å². The quantitative estimate of drug-likeness (QED) is 0.0745. The van der Waals surface area contributed by atoms with Crippen LogP contribution in [0.2, 0.25) is 0 Å². The van der Waals surface area contributed by atoms with Gasteiger partial charge in [0.15, 0.2) is 12.6 Å². The van der Waals surface area contributed by atoms with Crippen molar-refractivity contribution in [2.45, 2.75) is 204 Å². The molecule has 18 nitrogen and oxygen atoms in total. The molecule has 0 spiro atoms. The highest BCUT2D eigenvalue weighted by Gasteiger charge is 2.52. The first-order valence-corrected chi connectivity index (χ1v) is 27.6. The van der Waals surface area contributed by atoms with Crippen LogP contribution < -0.4 is 0 Å². The fraction of sp³-hybridized carbons (Fsp3) is 0.707. The molecule has 5 heterocycles. The van der Waals surface area contributed by atoms with Crippen LogP contribution in [-0.4, -0.2) is 186 Å². The number of carbonyl (C=O) groups is 1. The van der Waals surface area contributed by atoms with Gasteiger partial charge >= 0.3 is 5.97 Å². The smallest absolute Gasteiger partial charge is 0.311 e. The van der Waals surface area contributed by atoms with Crippen molar-refractivity contribution in [1.82, 2.24) is 29.8 Å². The zero-order chi connectivity index (χ0) is 55.4. The SMILES string of the molecule is CC[C@H]1OC(=O)[C@H](C)[C@@H](O[C@H]2C[C@@](C)(OC)[C@@H](O)[C@H](C)O2)[C@H](C)[C@@H](O[C@H]2C[C@@H](N(C)CCc3cn([C@H](CO)Cc4ccc(-c5ccc6cc[nH]c6c5)cc4)nn3)C[C@@H](C)O2)[C@](C)(O)C[C@@H](C)CN(C)[C@H](C)[C@@H](O)[C@]1(C)O. The monoisotopic (exact) mass is 1060 g/mol. The van der Waals surface area contributed by atoms with Gasteiger partial charge in [-0.15, -0.1) is 5.10 Å². The standard InChI is InChI=1S/C58H90N6O12/c1-14-48-58(10,70)52(66)38(6)63(12)31-34(2)29-56(8,69)54(36(4)51(37(5)55(68)74-48)75-50-30-57(9,71-13)53(67)39(7)73-50)76-49-28-45(25-35(3)72-49)62(11)24-22-44-32-64(61-60-44)46(33-65)26-40-15-17-41(18-16-40)43-20-19-42-21-23-59-47(42)27-43/h15-21,23,27,32,34-39,45-46,48-54,59,65-67,69-70H,14,22,24-26,28-31,33H2,1-13H3/t34-,35-,36+,37-,38-,39+,45+,46+,48-,49+,50+,51+,52-,53+,54-,56-,57-,58-/m1/s1. The Kier molecular flexibility index (Phi) is 19.7. The molecule has 2 aromatic carbocycles. The van der Waals surface area contributed by atoms with E-state index in [-0.39, 0.29) is 50.0 Å². The van der Waals surface area contributed by atoms with Gasteiger partial charge in [0, 0.05) is 75.4 Å². The molecule has 3 aliphatic heterocycles. The highest BCUT2D eigenvalue weighted by molar-refractivity contribution is 5.84. The summed E-state index contributed by atoms with van der Waals surface area (Å²) in [6, 6.07) is 16.1. The van der Waals surface area contributed by atoms with Crippen LogP contribution in [0, 0.1) is 17.8 Å². The molecule has 76 heavy (non-hydrogen) atoms. The van der Waals surface area contributed by atoms with Gasteiger partial charge in [-0.3, -0.25) is 4.79 Å². The van der Waals surface area contributed by atoms with Crippen LogP contribution in [0.3, 0.4) is 0 Å². The molecule has 0 aliphatic carbocycles. The van der Waals surface area contributed by atoms with E-state index < -0.39 is 89.9 Å². The van der Waals surface area contributed by atoms with E-state index in [1.165, 1.54) is 19.4 Å². The van der Waals surface area contributed by atoms with E-state index in [1.807, 2.05) is 52.0 Å². The van der Waals surface area contributed by atoms with E-state index >= 15 is 0 Å². The van der Waals surface area contributed by atoms with Crippen molar-refractivity contribution in [3.05, 3.63) is 72.2 Å². The van der Waals surface area contributed by atoms with Crippen LogP contribution in [0.15, 0.2) is 60.9 Å². The third-order valence-corrected chi connectivity index (χ3v) is 17.2. The molecule has 3 aliphatic rings. The Bertz CT molecular complexity index is 2470. The van der Waals surface area contributed by atoms with Crippen LogP contribution in [0.4, 0.5) is 0 Å². The average molecular weight is 1060 g/mol. The zero-order valence-corrected chi connectivity index (χ0v) is 47.3. The number of nitrogens with zero attached hydrogens (tertiary/aromatic N) is 5. The molecule has 0 amide bonds. The summed E-state index contributed by atoms with van der Waals surface area (Å²) in [6.07, 6.45) is -0.931. The minimum absolute atomic E-state index is 0.0275. The van der Waals surface area contributed by atoms with Crippen LogP contribution in [0.5, 0.6) is 0 Å². The van der Waals surface area contributed by atoms with Gasteiger partial charge in [0.25, 0.3) is 0 Å². The van der Waals surface area contributed by atoms with Gasteiger partial charge in [-0.2, -0.15) is 0 Å². The summed E-state index contributed by atoms with van der Waals surface area (Å²) in [5.41, 5.74) is 0.869. The number of likely N-dealkylation sites (N-methyl/N-ethyl adjacent to an activating group) is 2. The lowest BCUT2D eigenvalue weighted by molar-refractivity contribution is -0.308. The Balaban J connectivity index is 1.08. The molecular formula is C58H90N6O12. The van der Waals surface area contributed by atoms with E-state index in [9.17, 15) is 30.3 Å². The van der Waals surface area contributed by atoms with Crippen LogP contribution in [0.1, 0.15) is 119 Å². The number of H-pyrrole nitrogens is 1. The number of esters is 1. The number of ether oxygens (including phenoxy) is 6. The van der Waals surface area contributed by atoms with Crippen molar-refractivity contribution in [2.24, 2.45) is 17.8 Å². The van der Waals surface area contributed by atoms with Crippen molar-refractivity contribution in [1.29, 1.82) is 0 Å². The maximum Gasteiger partial charge on any atom is 0.311 e. The molecule has 0 saturated carbocycles. The topological polar surface area (TPSA) is 227 Å². The fourth-order valence-corrected chi connectivity index (χ4v) is 12.3. The minimum Gasteiger partial charge on any atom is -0.459 e. The van der Waals surface area contributed by atoms with Gasteiger partial charge in [-0.05, 0) is 128 Å². The number of fused-ring (bicyclic) bond motifs is 1. The van der Waals surface area contributed by atoms with Gasteiger partial charge < -0.3 is 68.7 Å². The lowest BCUT2D eigenvalue weighted by Crippen LogP contribution is -2.59. The number of rotatable bonds is 15. The van der Waals surface area contributed by atoms with Gasteiger partial charge in [-0.25, -0.2) is 4.68 Å². The number of hydrogen-bond acceptors (Lipinski definition) is 16. The number of cyclic esters (lactones) is 1. The molecule has 6 N–H and O–H groups in total. The predicted molar refractivity (Wildman–Crippen MR) is 289 cm³/mol. The lowest BCUT2D eigenvalue weighted by Gasteiger charge is -2.48. The molecule has 3 fully saturated rings. The largest absolute Gasteiger partial charge is 0.459 e. The second-order valence-corrected chi connectivity index (χ2v) is 23.5. The van der Waals surface area contributed by atoms with Gasteiger partial charge in [0.05, 0.1) is 59.9 Å². The Hall–Kier alpha value is -3.89. The number of aromatic amines is 1. The van der Waals surface area contributed by atoms with Gasteiger partial charge in [0.1, 0.15) is 23.9 Å². The number of benzene rings is 2. The molecule has 18 atom stereocenters. The third-order valence-electron chi connectivity index (χ3n) is 17.2. The Morgan fingerprint density at radius 1 is 0.921 bits per heavy atom. The van der Waals surface area contributed by atoms with Crippen molar-refractivity contribution in [3.8, 4) is 11.1 Å². The van der Waals surface area contributed by atoms with Gasteiger partial charge in [0.2, 0.25) is 0 Å². The first-order chi connectivity index (χ1) is 35.9. The number of carbonyl (C=O) groups excluding carboxylic acids is 1. The first kappa shape index (κ1) is 59.8. The Morgan fingerprint density at radius 3 is 2.32 bits per heavy atom. The third kappa shape index (κ3) is 13.7. The molecule has 424 valence electrons. The van der Waals surface area contributed by atoms with Crippen molar-refractivity contribution in [3.63, 3.8) is 0 Å². The number of hydrogen-bond donors (Lipinski definition) is 6. The maximum absolute atomic E-state index is 14.5. The average Bonchev–Trinajstić information content (AvgIpc) is 4.09. The molecule has 2 aromatic heterocycles. The number of aliphatic hydroxyl groups is 5. The second-order valence-electron chi connectivity index (χ2n) is 23.5. The summed E-state index contributed by atoms with van der Waals surface area (Å²) in [4.78, 5) is 22.0. The Labute approximate surface area is 450 Å². The molecule has 4 aromatic rings. The fourth-order valence-electron chi connectivity index (χ4n) is 12.3. The molecule has 0 unspecified atom stereocenters. The summed E-state index contributed by atoms with van der Waals surface area (Å²) in [6.45, 7) is 19.1. The predicted octanol–water partition coefficient (Wildman–Crippen LogP) is 6.06. The van der Waals surface area contributed by atoms with Crippen LogP contribution >= 0.6 is 0 Å². The molecule has 7 rings (SSSR count). The van der Waals surface area contributed by atoms with Gasteiger partial charge in [-0.1, -0.05) is 62.4 Å². The Morgan fingerprint density at radius 2 is 1.63 bits per heavy atom. The second kappa shape index (κ2) is 25.1. The number of aromatic nitrogens is 4. The van der Waals surface area contributed by atoms with E-state index in [0.717, 1.165) is 34.3 Å². The number of methoxy groups -OCH3 is 1. The molecular weight excluding hydrogens is 973 g/mol. The van der Waals surface area contributed by atoms with Crippen LogP contribution in [0.25, 0.3) is 22.0 Å². The molecule has 0 radical (unpaired) electrons.